The summed E-state index contributed by atoms with van der Waals surface area (Å²) < 4.78 is 0. The van der Waals surface area contributed by atoms with E-state index in [9.17, 15) is 0 Å². The van der Waals surface area contributed by atoms with Gasteiger partial charge in [-0.2, -0.15) is 0 Å². The van der Waals surface area contributed by atoms with Gasteiger partial charge in [0.15, 0.2) is 0 Å². The lowest BCUT2D eigenvalue weighted by Gasteiger charge is -2.09. The van der Waals surface area contributed by atoms with E-state index >= 15 is 0 Å². The monoisotopic (exact) mass is 280 g/mol. The number of anilines is 1. The molecule has 0 saturated carbocycles. The van der Waals surface area contributed by atoms with Crippen molar-refractivity contribution in [2.75, 3.05) is 11.6 Å². The van der Waals surface area contributed by atoms with Crippen molar-refractivity contribution in [1.29, 1.82) is 0 Å². The lowest BCUT2D eigenvalue weighted by atomic mass is 10.1. The van der Waals surface area contributed by atoms with Gasteiger partial charge in [0.05, 0.1) is 5.52 Å². The van der Waals surface area contributed by atoms with Crippen LogP contribution in [0, 0.1) is 0 Å². The number of rotatable bonds is 4. The van der Waals surface area contributed by atoms with E-state index in [2.05, 4.69) is 53.0 Å². The lowest BCUT2D eigenvalue weighted by Crippen LogP contribution is -2.00. The van der Waals surface area contributed by atoms with Crippen LogP contribution in [0.4, 0.5) is 5.69 Å². The van der Waals surface area contributed by atoms with Gasteiger partial charge >= 0.3 is 0 Å². The van der Waals surface area contributed by atoms with Gasteiger partial charge in [-0.15, -0.1) is 11.8 Å². The maximum atomic E-state index is 4.38. The lowest BCUT2D eigenvalue weighted by molar-refractivity contribution is 1.14. The molecule has 1 aromatic heterocycles. The molecule has 0 spiro atoms. The number of aromatic nitrogens is 1. The van der Waals surface area contributed by atoms with Crippen molar-refractivity contribution in [2.45, 2.75) is 11.4 Å². The van der Waals surface area contributed by atoms with E-state index in [-0.39, 0.29) is 0 Å². The van der Waals surface area contributed by atoms with Gasteiger partial charge in [0, 0.05) is 28.7 Å². The molecule has 0 radical (unpaired) electrons. The fraction of sp³-hybridized carbons (Fsp3) is 0.118. The smallest absolute Gasteiger partial charge is 0.0722 e. The highest BCUT2D eigenvalue weighted by Gasteiger charge is 2.01. The molecule has 1 N–H and O–H groups in total. The molecule has 20 heavy (non-hydrogen) atoms. The van der Waals surface area contributed by atoms with Crippen LogP contribution in [0.3, 0.4) is 0 Å². The molecule has 0 saturated heterocycles. The van der Waals surface area contributed by atoms with Gasteiger partial charge in [0.25, 0.3) is 0 Å². The Hall–Kier alpha value is -2.00. The Kier molecular flexibility index (Phi) is 3.88. The minimum atomic E-state index is 0.822. The maximum Gasteiger partial charge on any atom is 0.0722 e. The minimum absolute atomic E-state index is 0.822. The molecule has 0 atom stereocenters. The largest absolute Gasteiger partial charge is 0.380 e. The third-order valence-corrected chi connectivity index (χ3v) is 4.03. The molecule has 0 aliphatic rings. The van der Waals surface area contributed by atoms with E-state index in [1.54, 1.807) is 11.8 Å². The predicted molar refractivity (Wildman–Crippen MR) is 87.3 cm³/mol. The average molecular weight is 280 g/mol. The van der Waals surface area contributed by atoms with Crippen LogP contribution in [0.5, 0.6) is 0 Å². The fourth-order valence-electron chi connectivity index (χ4n) is 2.20. The first-order valence-corrected chi connectivity index (χ1v) is 7.80. The third kappa shape index (κ3) is 2.78. The second-order valence-electron chi connectivity index (χ2n) is 4.58. The standard InChI is InChI=1S/C17H16N2S/c1-20-14-9-7-13(8-10-14)12-19-17-6-2-5-16-15(17)4-3-11-18-16/h2-11,19H,12H2,1H3. The van der Waals surface area contributed by atoms with Gasteiger partial charge < -0.3 is 5.32 Å². The van der Waals surface area contributed by atoms with E-state index in [1.807, 2.05) is 24.4 Å². The second kappa shape index (κ2) is 5.97. The van der Waals surface area contributed by atoms with Gasteiger partial charge in [-0.25, -0.2) is 0 Å². The summed E-state index contributed by atoms with van der Waals surface area (Å²) in [5, 5.41) is 4.66. The van der Waals surface area contributed by atoms with E-state index in [4.69, 9.17) is 0 Å². The molecule has 3 rings (SSSR count). The first-order chi connectivity index (χ1) is 9.86. The summed E-state index contributed by atoms with van der Waals surface area (Å²) in [5.74, 6) is 0. The molecule has 0 unspecified atom stereocenters. The normalized spacial score (nSPS) is 10.7. The third-order valence-electron chi connectivity index (χ3n) is 3.29. The van der Waals surface area contributed by atoms with Crippen molar-refractivity contribution in [1.82, 2.24) is 4.98 Å². The molecule has 3 aromatic rings. The van der Waals surface area contributed by atoms with Crippen LogP contribution in [0.25, 0.3) is 10.9 Å². The number of benzene rings is 2. The zero-order valence-corrected chi connectivity index (χ0v) is 12.2. The van der Waals surface area contributed by atoms with Gasteiger partial charge in [0.1, 0.15) is 0 Å². The highest BCUT2D eigenvalue weighted by molar-refractivity contribution is 7.98. The Labute approximate surface area is 123 Å². The molecule has 0 amide bonds. The molecule has 3 heteroatoms. The fourth-order valence-corrected chi connectivity index (χ4v) is 2.61. The molecule has 2 nitrogen and oxygen atoms in total. The van der Waals surface area contributed by atoms with Crippen LogP contribution >= 0.6 is 11.8 Å². The Balaban J connectivity index is 1.79. The molecular weight excluding hydrogens is 264 g/mol. The molecule has 2 aromatic carbocycles. The van der Waals surface area contributed by atoms with Crippen LogP contribution in [-0.4, -0.2) is 11.2 Å². The molecule has 0 aliphatic heterocycles. The van der Waals surface area contributed by atoms with E-state index < -0.39 is 0 Å². The Bertz CT molecular complexity index is 702. The summed E-state index contributed by atoms with van der Waals surface area (Å²) in [7, 11) is 0. The van der Waals surface area contributed by atoms with Gasteiger partial charge in [-0.3, -0.25) is 4.98 Å². The zero-order valence-electron chi connectivity index (χ0n) is 11.3. The summed E-state index contributed by atoms with van der Waals surface area (Å²) in [6, 6.07) is 18.9. The topological polar surface area (TPSA) is 24.9 Å². The molecule has 0 bridgehead atoms. The first kappa shape index (κ1) is 13.0. The Morgan fingerprint density at radius 3 is 2.65 bits per heavy atom. The zero-order chi connectivity index (χ0) is 13.8. The molecule has 100 valence electrons. The molecule has 0 fully saturated rings. The molecular formula is C17H16N2S. The van der Waals surface area contributed by atoms with Crippen molar-refractivity contribution >= 4 is 28.4 Å². The van der Waals surface area contributed by atoms with Crippen LogP contribution < -0.4 is 5.32 Å². The summed E-state index contributed by atoms with van der Waals surface area (Å²) in [4.78, 5) is 5.67. The van der Waals surface area contributed by atoms with Crippen LogP contribution in [0.2, 0.25) is 0 Å². The van der Waals surface area contributed by atoms with Crippen LogP contribution in [0.15, 0.2) is 65.7 Å². The molecule has 0 aliphatic carbocycles. The predicted octanol–water partition coefficient (Wildman–Crippen LogP) is 4.57. The summed E-state index contributed by atoms with van der Waals surface area (Å²) in [6.07, 6.45) is 3.92. The van der Waals surface area contributed by atoms with Crippen molar-refractivity contribution in [3.8, 4) is 0 Å². The Morgan fingerprint density at radius 1 is 1.00 bits per heavy atom. The highest BCUT2D eigenvalue weighted by atomic mass is 32.2. The van der Waals surface area contributed by atoms with E-state index in [1.165, 1.54) is 10.5 Å². The number of nitrogens with zero attached hydrogens (tertiary/aromatic N) is 1. The van der Waals surface area contributed by atoms with Gasteiger partial charge in [-0.1, -0.05) is 18.2 Å². The average Bonchev–Trinajstić information content (AvgIpc) is 2.53. The van der Waals surface area contributed by atoms with Crippen molar-refractivity contribution in [3.63, 3.8) is 0 Å². The summed E-state index contributed by atoms with van der Waals surface area (Å²) >= 11 is 1.77. The number of pyridine rings is 1. The van der Waals surface area contributed by atoms with Crippen molar-refractivity contribution < 1.29 is 0 Å². The van der Waals surface area contributed by atoms with Crippen LogP contribution in [-0.2, 0) is 6.54 Å². The van der Waals surface area contributed by atoms with Gasteiger partial charge in [0.2, 0.25) is 0 Å². The SMILES string of the molecule is CSc1ccc(CNc2cccc3ncccc23)cc1. The number of nitrogens with one attached hydrogen (secondary N) is 1. The number of hydrogen-bond acceptors (Lipinski definition) is 3. The van der Waals surface area contributed by atoms with E-state index in [0.717, 1.165) is 23.1 Å². The maximum absolute atomic E-state index is 4.38. The second-order valence-corrected chi connectivity index (χ2v) is 5.46. The van der Waals surface area contributed by atoms with E-state index in [0.29, 0.717) is 0 Å². The Morgan fingerprint density at radius 2 is 1.85 bits per heavy atom. The van der Waals surface area contributed by atoms with Gasteiger partial charge in [-0.05, 0) is 48.2 Å². The number of fused-ring (bicyclic) bond motifs is 1. The summed E-state index contributed by atoms with van der Waals surface area (Å²) in [5.41, 5.74) is 3.43. The highest BCUT2D eigenvalue weighted by Crippen LogP contribution is 2.22. The molecule has 1 heterocycles. The van der Waals surface area contributed by atoms with Crippen LogP contribution in [0.1, 0.15) is 5.56 Å². The number of thioether (sulfide) groups is 1. The summed E-state index contributed by atoms with van der Waals surface area (Å²) in [6.45, 7) is 0.822. The van der Waals surface area contributed by atoms with Crippen molar-refractivity contribution in [3.05, 3.63) is 66.4 Å². The first-order valence-electron chi connectivity index (χ1n) is 6.57. The quantitative estimate of drug-likeness (QED) is 0.709. The van der Waals surface area contributed by atoms with Crippen molar-refractivity contribution in [2.24, 2.45) is 0 Å². The number of hydrogen-bond donors (Lipinski definition) is 1. The minimum Gasteiger partial charge on any atom is -0.380 e.